The molecule has 0 saturated carbocycles. The van der Waals surface area contributed by atoms with E-state index in [1.54, 1.807) is 0 Å². The maximum absolute atomic E-state index is 12.8. The summed E-state index contributed by atoms with van der Waals surface area (Å²) in [6.45, 7) is 1.96. The molecule has 23 heavy (non-hydrogen) atoms. The van der Waals surface area contributed by atoms with Crippen LogP contribution >= 0.6 is 0 Å². The van der Waals surface area contributed by atoms with Crippen LogP contribution in [0.5, 0.6) is 0 Å². The van der Waals surface area contributed by atoms with Gasteiger partial charge in [-0.1, -0.05) is 54.6 Å². The predicted molar refractivity (Wildman–Crippen MR) is 88.5 cm³/mol. The van der Waals surface area contributed by atoms with Gasteiger partial charge in [-0.2, -0.15) is 0 Å². The van der Waals surface area contributed by atoms with Crippen molar-refractivity contribution < 1.29 is 9.59 Å². The second-order valence-electron chi connectivity index (χ2n) is 6.15. The van der Waals surface area contributed by atoms with Crippen molar-refractivity contribution in [2.75, 3.05) is 6.54 Å². The minimum absolute atomic E-state index is 0.0940. The van der Waals surface area contributed by atoms with Crippen molar-refractivity contribution >= 4 is 17.4 Å². The maximum atomic E-state index is 12.8. The lowest BCUT2D eigenvalue weighted by Crippen LogP contribution is -2.30. The summed E-state index contributed by atoms with van der Waals surface area (Å²) in [5, 5.41) is 0. The first-order chi connectivity index (χ1) is 11.2. The van der Waals surface area contributed by atoms with Crippen LogP contribution in [-0.4, -0.2) is 23.3 Å². The van der Waals surface area contributed by atoms with Crippen LogP contribution in [0.2, 0.25) is 0 Å². The van der Waals surface area contributed by atoms with Gasteiger partial charge >= 0.3 is 0 Å². The molecule has 114 valence electrons. The molecule has 2 amide bonds. The Morgan fingerprint density at radius 1 is 1.04 bits per heavy atom. The average molecular weight is 303 g/mol. The molecule has 0 bridgehead atoms. The van der Waals surface area contributed by atoms with E-state index in [0.29, 0.717) is 6.54 Å². The van der Waals surface area contributed by atoms with Gasteiger partial charge in [0.2, 0.25) is 5.91 Å². The monoisotopic (exact) mass is 303 g/mol. The fourth-order valence-corrected chi connectivity index (χ4v) is 3.73. The number of likely N-dealkylation sites (tertiary alicyclic amines) is 1. The number of hydrogen-bond donors (Lipinski definition) is 0. The number of fused-ring (bicyclic) bond motifs is 2. The Bertz CT molecular complexity index is 836. The molecule has 2 aromatic rings. The Morgan fingerprint density at radius 2 is 1.74 bits per heavy atom. The lowest BCUT2D eigenvalue weighted by Gasteiger charge is -2.24. The van der Waals surface area contributed by atoms with Crippen LogP contribution in [0.15, 0.2) is 60.2 Å². The third-order valence-electron chi connectivity index (χ3n) is 4.75. The lowest BCUT2D eigenvalue weighted by atomic mass is 9.77. The van der Waals surface area contributed by atoms with Crippen LogP contribution < -0.4 is 0 Å². The molecule has 4 rings (SSSR count). The first-order valence-corrected chi connectivity index (χ1v) is 7.87. The van der Waals surface area contributed by atoms with Crippen LogP contribution in [0.3, 0.4) is 0 Å². The van der Waals surface area contributed by atoms with E-state index in [4.69, 9.17) is 0 Å². The zero-order valence-corrected chi connectivity index (χ0v) is 13.0. The predicted octanol–water partition coefficient (Wildman–Crippen LogP) is 3.05. The number of carbonyl (C=O) groups excluding carboxylic acids is 2. The summed E-state index contributed by atoms with van der Waals surface area (Å²) in [5.41, 5.74) is 5.19. The van der Waals surface area contributed by atoms with Gasteiger partial charge in [-0.25, -0.2) is 0 Å². The largest absolute Gasteiger partial charge is 0.278 e. The number of rotatable bonds is 1. The molecular formula is C20H17NO2. The molecule has 3 heteroatoms. The number of carbonyl (C=O) groups is 2. The Morgan fingerprint density at radius 3 is 2.48 bits per heavy atom. The van der Waals surface area contributed by atoms with Crippen molar-refractivity contribution in [1.29, 1.82) is 0 Å². The van der Waals surface area contributed by atoms with Crippen LogP contribution in [0.4, 0.5) is 0 Å². The SMILES string of the molecule is CC(=O)N1CC2Cc3ccccc3C(c3ccccc3)=C2C1=O. The molecule has 1 atom stereocenters. The molecule has 1 unspecified atom stereocenters. The molecule has 0 N–H and O–H groups in total. The first kappa shape index (κ1) is 13.9. The zero-order chi connectivity index (χ0) is 16.0. The molecule has 2 aromatic carbocycles. The molecule has 1 saturated heterocycles. The summed E-state index contributed by atoms with van der Waals surface area (Å²) in [6.07, 6.45) is 0.817. The van der Waals surface area contributed by atoms with Crippen LogP contribution in [0.1, 0.15) is 23.6 Å². The molecule has 0 radical (unpaired) electrons. The summed E-state index contributed by atoms with van der Waals surface area (Å²) in [6, 6.07) is 18.2. The van der Waals surface area contributed by atoms with Crippen molar-refractivity contribution in [2.24, 2.45) is 5.92 Å². The highest BCUT2D eigenvalue weighted by atomic mass is 16.2. The molecule has 0 spiro atoms. The van der Waals surface area contributed by atoms with Gasteiger partial charge in [-0.15, -0.1) is 0 Å². The van der Waals surface area contributed by atoms with Gasteiger partial charge in [0, 0.05) is 25.0 Å². The fraction of sp³-hybridized carbons (Fsp3) is 0.200. The lowest BCUT2D eigenvalue weighted by molar-refractivity contribution is -0.138. The summed E-state index contributed by atoms with van der Waals surface area (Å²) in [7, 11) is 0. The number of nitrogens with zero attached hydrogens (tertiary/aromatic N) is 1. The second-order valence-corrected chi connectivity index (χ2v) is 6.15. The van der Waals surface area contributed by atoms with Gasteiger partial charge in [-0.3, -0.25) is 14.5 Å². The molecule has 1 fully saturated rings. The summed E-state index contributed by atoms with van der Waals surface area (Å²) < 4.78 is 0. The Labute approximate surface area is 135 Å². The highest BCUT2D eigenvalue weighted by Gasteiger charge is 2.42. The quantitative estimate of drug-likeness (QED) is 0.812. The van der Waals surface area contributed by atoms with Crippen LogP contribution in [0, 0.1) is 5.92 Å². The highest BCUT2D eigenvalue weighted by Crippen LogP contribution is 2.42. The number of imide groups is 1. The molecular weight excluding hydrogens is 286 g/mol. The molecule has 1 heterocycles. The fourth-order valence-electron chi connectivity index (χ4n) is 3.73. The maximum Gasteiger partial charge on any atom is 0.257 e. The average Bonchev–Trinajstić information content (AvgIpc) is 2.90. The van der Waals surface area contributed by atoms with E-state index in [0.717, 1.165) is 28.7 Å². The van der Waals surface area contributed by atoms with Crippen LogP contribution in [-0.2, 0) is 16.0 Å². The highest BCUT2D eigenvalue weighted by molar-refractivity contribution is 6.13. The number of amides is 2. The molecule has 3 nitrogen and oxygen atoms in total. The minimum atomic E-state index is -0.173. The summed E-state index contributed by atoms with van der Waals surface area (Å²) >= 11 is 0. The van der Waals surface area contributed by atoms with Gasteiger partial charge < -0.3 is 0 Å². The summed E-state index contributed by atoms with van der Waals surface area (Å²) in [4.78, 5) is 26.0. The Hall–Kier alpha value is -2.68. The molecule has 1 aliphatic carbocycles. The van der Waals surface area contributed by atoms with Crippen molar-refractivity contribution in [2.45, 2.75) is 13.3 Å². The van der Waals surface area contributed by atoms with Crippen molar-refractivity contribution in [3.8, 4) is 0 Å². The van der Waals surface area contributed by atoms with E-state index in [-0.39, 0.29) is 17.7 Å². The van der Waals surface area contributed by atoms with Crippen molar-refractivity contribution in [3.63, 3.8) is 0 Å². The topological polar surface area (TPSA) is 37.4 Å². The van der Waals surface area contributed by atoms with Crippen LogP contribution in [0.25, 0.3) is 5.57 Å². The van der Waals surface area contributed by atoms with E-state index in [9.17, 15) is 9.59 Å². The summed E-state index contributed by atoms with van der Waals surface area (Å²) in [5.74, 6) is -0.208. The molecule has 1 aliphatic heterocycles. The third kappa shape index (κ3) is 2.12. The number of hydrogen-bond acceptors (Lipinski definition) is 2. The Balaban J connectivity index is 1.98. The first-order valence-electron chi connectivity index (χ1n) is 7.87. The van der Waals surface area contributed by atoms with E-state index in [1.165, 1.54) is 17.4 Å². The van der Waals surface area contributed by atoms with E-state index >= 15 is 0 Å². The van der Waals surface area contributed by atoms with E-state index in [1.807, 2.05) is 42.5 Å². The minimum Gasteiger partial charge on any atom is -0.278 e. The van der Waals surface area contributed by atoms with Gasteiger partial charge in [-0.05, 0) is 28.7 Å². The van der Waals surface area contributed by atoms with E-state index < -0.39 is 0 Å². The van der Waals surface area contributed by atoms with Gasteiger partial charge in [0.15, 0.2) is 0 Å². The van der Waals surface area contributed by atoms with E-state index in [2.05, 4.69) is 12.1 Å². The van der Waals surface area contributed by atoms with Gasteiger partial charge in [0.25, 0.3) is 5.91 Å². The Kier molecular flexibility index (Phi) is 3.15. The second kappa shape index (κ2) is 5.20. The smallest absolute Gasteiger partial charge is 0.257 e. The number of benzene rings is 2. The normalized spacial score (nSPS) is 19.6. The van der Waals surface area contributed by atoms with Crippen molar-refractivity contribution in [3.05, 3.63) is 76.9 Å². The zero-order valence-electron chi connectivity index (χ0n) is 13.0. The van der Waals surface area contributed by atoms with Gasteiger partial charge in [0.05, 0.1) is 0 Å². The molecule has 2 aliphatic rings. The van der Waals surface area contributed by atoms with Crippen molar-refractivity contribution in [1.82, 2.24) is 4.90 Å². The molecule has 0 aromatic heterocycles. The standard InChI is InChI=1S/C20H17NO2/c1-13(22)21-12-16-11-15-9-5-6-10-17(15)18(19(16)20(21)23)14-7-3-2-4-8-14/h2-10,16H,11-12H2,1H3. The van der Waals surface area contributed by atoms with Gasteiger partial charge in [0.1, 0.15) is 0 Å². The third-order valence-corrected chi connectivity index (χ3v) is 4.75.